The van der Waals surface area contributed by atoms with Crippen molar-refractivity contribution in [2.24, 2.45) is 0 Å². The molecular formula is C13H32N2O2Si2. The summed E-state index contributed by atoms with van der Waals surface area (Å²) in [6.07, 6.45) is 0. The van der Waals surface area contributed by atoms with E-state index >= 15 is 0 Å². The Hall–Kier alpha value is 0.274. The van der Waals surface area contributed by atoms with Crippen LogP contribution in [-0.4, -0.2) is 72.9 Å². The van der Waals surface area contributed by atoms with Crippen molar-refractivity contribution < 1.29 is 8.85 Å². The topological polar surface area (TPSA) is 24.9 Å². The van der Waals surface area contributed by atoms with Crippen LogP contribution in [-0.2, 0) is 8.85 Å². The fourth-order valence-electron chi connectivity index (χ4n) is 2.52. The third kappa shape index (κ3) is 6.51. The van der Waals surface area contributed by atoms with E-state index in [1.807, 2.05) is 0 Å². The van der Waals surface area contributed by atoms with Gasteiger partial charge in [0.2, 0.25) is 0 Å². The molecule has 1 saturated heterocycles. The van der Waals surface area contributed by atoms with Gasteiger partial charge < -0.3 is 18.3 Å². The van der Waals surface area contributed by atoms with Gasteiger partial charge in [0.15, 0.2) is 0 Å². The molecule has 0 aromatic carbocycles. The van der Waals surface area contributed by atoms with Gasteiger partial charge in [-0.2, -0.15) is 0 Å². The zero-order valence-electron chi connectivity index (χ0n) is 13.4. The second-order valence-corrected chi connectivity index (χ2v) is 13.2. The quantitative estimate of drug-likeness (QED) is 0.638. The fraction of sp³-hybridized carbons (Fsp3) is 1.00. The predicted molar refractivity (Wildman–Crippen MR) is 86.6 cm³/mol. The van der Waals surface area contributed by atoms with E-state index in [4.69, 9.17) is 8.85 Å². The van der Waals surface area contributed by atoms with Crippen molar-refractivity contribution in [2.75, 3.05) is 45.9 Å². The van der Waals surface area contributed by atoms with Crippen LogP contribution in [0, 0.1) is 0 Å². The molecule has 114 valence electrons. The highest BCUT2D eigenvalue weighted by Crippen LogP contribution is 2.13. The first kappa shape index (κ1) is 17.3. The number of nitrogens with zero attached hydrogens (tertiary/aromatic N) is 2. The highest BCUT2D eigenvalue weighted by atomic mass is 28.3. The summed E-state index contributed by atoms with van der Waals surface area (Å²) in [5.41, 5.74) is 0. The molecule has 4 nitrogen and oxygen atoms in total. The van der Waals surface area contributed by atoms with Gasteiger partial charge in [-0.15, -0.1) is 0 Å². The lowest BCUT2D eigenvalue weighted by molar-refractivity contribution is 0.176. The molecule has 1 rings (SSSR count). The summed E-state index contributed by atoms with van der Waals surface area (Å²) in [5.74, 6) is 0. The molecule has 19 heavy (non-hydrogen) atoms. The van der Waals surface area contributed by atoms with Gasteiger partial charge in [0.1, 0.15) is 8.24 Å². The number of hydrogen-bond donors (Lipinski definition) is 0. The van der Waals surface area contributed by atoms with Gasteiger partial charge in [-0.25, -0.2) is 0 Å². The Balaban J connectivity index is 2.25. The summed E-state index contributed by atoms with van der Waals surface area (Å²) in [6.45, 7) is 19.1. The normalized spacial score (nSPS) is 19.3. The molecule has 0 aromatic rings. The first-order chi connectivity index (χ1) is 8.97. The highest BCUT2D eigenvalue weighted by molar-refractivity contribution is 6.73. The first-order valence-corrected chi connectivity index (χ1v) is 12.9. The summed E-state index contributed by atoms with van der Waals surface area (Å²) in [7, 11) is -2.49. The van der Waals surface area contributed by atoms with Crippen molar-refractivity contribution in [2.45, 2.75) is 39.5 Å². The molecule has 0 bridgehead atoms. The van der Waals surface area contributed by atoms with E-state index < -0.39 is 17.5 Å². The number of rotatable bonds is 8. The van der Waals surface area contributed by atoms with Crippen LogP contribution in [0.1, 0.15) is 13.8 Å². The maximum atomic E-state index is 5.74. The molecule has 0 atom stereocenters. The average Bonchev–Trinajstić information content (AvgIpc) is 2.36. The molecule has 0 amide bonds. The lowest BCUT2D eigenvalue weighted by Gasteiger charge is -2.41. The monoisotopic (exact) mass is 304 g/mol. The number of piperazine rings is 1. The van der Waals surface area contributed by atoms with Crippen LogP contribution in [0.4, 0.5) is 0 Å². The van der Waals surface area contributed by atoms with Gasteiger partial charge in [0.25, 0.3) is 0 Å². The molecule has 1 fully saturated rings. The largest absolute Gasteiger partial charge is 0.397 e. The van der Waals surface area contributed by atoms with Crippen LogP contribution in [0.25, 0.3) is 0 Å². The van der Waals surface area contributed by atoms with E-state index in [2.05, 4.69) is 43.0 Å². The van der Waals surface area contributed by atoms with Gasteiger partial charge in [-0.1, -0.05) is 19.6 Å². The molecule has 0 N–H and O–H groups in total. The van der Waals surface area contributed by atoms with Gasteiger partial charge in [0.05, 0.1) is 0 Å². The third-order valence-electron chi connectivity index (χ3n) is 3.71. The molecule has 6 heteroatoms. The second kappa shape index (κ2) is 8.54. The Kier molecular flexibility index (Phi) is 7.78. The molecular weight excluding hydrogens is 272 g/mol. The van der Waals surface area contributed by atoms with Crippen molar-refractivity contribution in [3.05, 3.63) is 0 Å². The molecule has 0 saturated carbocycles. The zero-order valence-corrected chi connectivity index (χ0v) is 15.6. The van der Waals surface area contributed by atoms with E-state index in [1.165, 1.54) is 26.2 Å². The lowest BCUT2D eigenvalue weighted by atomic mass is 10.4. The molecule has 0 aromatic heterocycles. The summed E-state index contributed by atoms with van der Waals surface area (Å²) in [4.78, 5) is 2.58. The molecule has 1 aliphatic heterocycles. The highest BCUT2D eigenvalue weighted by Gasteiger charge is 2.27. The van der Waals surface area contributed by atoms with E-state index in [-0.39, 0.29) is 0 Å². The average molecular weight is 305 g/mol. The SMILES string of the molecule is CCO[SiH](CCN1CCN([Si](C)(C)C)CC1)OCC. The Morgan fingerprint density at radius 3 is 1.89 bits per heavy atom. The van der Waals surface area contributed by atoms with Crippen LogP contribution >= 0.6 is 0 Å². The predicted octanol–water partition coefficient (Wildman–Crippen LogP) is 1.73. The van der Waals surface area contributed by atoms with Crippen molar-refractivity contribution >= 4 is 17.5 Å². The summed E-state index contributed by atoms with van der Waals surface area (Å²) >= 11 is 0. The molecule has 0 spiro atoms. The van der Waals surface area contributed by atoms with Gasteiger partial charge in [-0.05, 0) is 20.4 Å². The van der Waals surface area contributed by atoms with Gasteiger partial charge in [-0.3, -0.25) is 0 Å². The summed E-state index contributed by atoms with van der Waals surface area (Å²) in [6, 6.07) is 1.12. The number of hydrogen-bond acceptors (Lipinski definition) is 4. The Bertz CT molecular complexity index is 235. The smallest absolute Gasteiger partial charge is 0.322 e. The first-order valence-electron chi connectivity index (χ1n) is 7.68. The molecule has 0 unspecified atom stereocenters. The third-order valence-corrected chi connectivity index (χ3v) is 8.19. The van der Waals surface area contributed by atoms with E-state index in [0.29, 0.717) is 0 Å². The van der Waals surface area contributed by atoms with Crippen LogP contribution in [0.5, 0.6) is 0 Å². The van der Waals surface area contributed by atoms with Crippen molar-refractivity contribution in [3.63, 3.8) is 0 Å². The Morgan fingerprint density at radius 2 is 1.47 bits per heavy atom. The molecule has 0 radical (unpaired) electrons. The van der Waals surface area contributed by atoms with Crippen molar-refractivity contribution in [3.8, 4) is 0 Å². The minimum Gasteiger partial charge on any atom is -0.397 e. The minimum absolute atomic E-state index is 0.792. The van der Waals surface area contributed by atoms with E-state index in [0.717, 1.165) is 25.8 Å². The van der Waals surface area contributed by atoms with Crippen LogP contribution in [0.2, 0.25) is 25.7 Å². The maximum absolute atomic E-state index is 5.74. The molecule has 1 aliphatic rings. The lowest BCUT2D eigenvalue weighted by Crippen LogP contribution is -2.56. The molecule has 0 aliphatic carbocycles. The summed E-state index contributed by atoms with van der Waals surface area (Å²) in [5, 5.41) is 0. The fourth-order valence-corrected chi connectivity index (χ4v) is 5.81. The second-order valence-electron chi connectivity index (χ2n) is 6.13. The Morgan fingerprint density at radius 1 is 0.947 bits per heavy atom. The van der Waals surface area contributed by atoms with Crippen LogP contribution < -0.4 is 0 Å². The van der Waals surface area contributed by atoms with Crippen molar-refractivity contribution in [1.29, 1.82) is 0 Å². The molecule has 1 heterocycles. The standard InChI is InChI=1S/C13H32N2O2Si2/c1-6-16-18(17-7-2)13-12-14-8-10-15(11-9-14)19(3,4)5/h18H,6-13H2,1-5H3. The van der Waals surface area contributed by atoms with E-state index in [1.54, 1.807) is 0 Å². The maximum Gasteiger partial charge on any atom is 0.322 e. The summed E-state index contributed by atoms with van der Waals surface area (Å²) < 4.78 is 14.2. The van der Waals surface area contributed by atoms with Crippen LogP contribution in [0.3, 0.4) is 0 Å². The van der Waals surface area contributed by atoms with Gasteiger partial charge in [0, 0.05) is 45.4 Å². The van der Waals surface area contributed by atoms with Crippen molar-refractivity contribution in [1.82, 2.24) is 9.47 Å². The van der Waals surface area contributed by atoms with E-state index in [9.17, 15) is 0 Å². The Labute approximate surface area is 122 Å². The minimum atomic E-state index is -1.40. The van der Waals surface area contributed by atoms with Crippen LogP contribution in [0.15, 0.2) is 0 Å². The zero-order chi connectivity index (χ0) is 14.3. The van der Waals surface area contributed by atoms with Gasteiger partial charge >= 0.3 is 9.28 Å².